The maximum absolute atomic E-state index is 14.2. The molecule has 9 atom stereocenters. The minimum Gasteiger partial charge on any atom is -0.356 e. The Balaban J connectivity index is 1.36. The first-order valence-corrected chi connectivity index (χ1v) is 17.7. The number of nitrogens with one attached hydrogen (secondary N) is 2. The molecule has 42 heavy (non-hydrogen) atoms. The Hall–Kier alpha value is -1.20. The van der Waals surface area contributed by atoms with E-state index in [-0.39, 0.29) is 27.1 Å². The molecule has 238 valence electrons. The number of ketones is 1. The lowest BCUT2D eigenvalue weighted by molar-refractivity contribution is -0.233. The molecule has 0 aromatic rings. The van der Waals surface area contributed by atoms with Crippen LogP contribution in [0.2, 0.25) is 0 Å². The molecule has 0 aromatic heterocycles. The Morgan fingerprint density at radius 2 is 1.60 bits per heavy atom. The van der Waals surface area contributed by atoms with Crippen molar-refractivity contribution in [3.8, 4) is 0 Å². The molecule has 5 aliphatic carbocycles. The summed E-state index contributed by atoms with van der Waals surface area (Å²) >= 11 is 0. The van der Waals surface area contributed by atoms with Gasteiger partial charge in [0.1, 0.15) is 5.78 Å². The molecule has 5 fully saturated rings. The van der Waals surface area contributed by atoms with E-state index < -0.39 is 0 Å². The van der Waals surface area contributed by atoms with Gasteiger partial charge in [0.25, 0.3) is 0 Å². The van der Waals surface area contributed by atoms with Gasteiger partial charge in [0.2, 0.25) is 5.91 Å². The van der Waals surface area contributed by atoms with Crippen molar-refractivity contribution < 1.29 is 9.59 Å². The highest BCUT2D eigenvalue weighted by Crippen LogP contribution is 2.77. The van der Waals surface area contributed by atoms with Gasteiger partial charge in [-0.05, 0) is 149 Å². The normalized spacial score (nSPS) is 44.0. The van der Waals surface area contributed by atoms with Gasteiger partial charge in [-0.2, -0.15) is 0 Å². The van der Waals surface area contributed by atoms with Crippen molar-refractivity contribution in [2.24, 2.45) is 62.4 Å². The van der Waals surface area contributed by atoms with Crippen LogP contribution in [-0.2, 0) is 9.59 Å². The van der Waals surface area contributed by atoms with Gasteiger partial charge in [-0.3, -0.25) is 9.59 Å². The molecule has 0 heterocycles. The first-order valence-electron chi connectivity index (χ1n) is 17.7. The van der Waals surface area contributed by atoms with E-state index in [9.17, 15) is 9.59 Å². The molecular weight excluding hydrogens is 518 g/mol. The number of amides is 1. The van der Waals surface area contributed by atoms with Gasteiger partial charge >= 0.3 is 0 Å². The standard InChI is InChI=1S/C37H63N3O2/c1-25(2)26-13-18-37(32(42)40-24-10-23-39-22-9-8-21-38)20-19-35(6)27(31(26)37)11-12-29-34(5)16-15-30(41)33(3,4)28(34)14-17-36(29,35)7/h26-29,31,39H,1,8-24,38H2,2-7H3,(H,40,42)/t26-,27+,28-,29+,31+,34-,35+,36+,37-/m0/s1. The number of nitrogens with two attached hydrogens (primary N) is 1. The predicted molar refractivity (Wildman–Crippen MR) is 173 cm³/mol. The monoisotopic (exact) mass is 581 g/mol. The average Bonchev–Trinajstić information content (AvgIpc) is 3.34. The van der Waals surface area contributed by atoms with E-state index in [2.05, 4.69) is 58.8 Å². The minimum absolute atomic E-state index is 0.206. The zero-order valence-electron chi connectivity index (χ0n) is 28.0. The van der Waals surface area contributed by atoms with Gasteiger partial charge in [0, 0.05) is 18.4 Å². The second-order valence-corrected chi connectivity index (χ2v) is 16.8. The number of unbranched alkanes of at least 4 members (excludes halogenated alkanes) is 1. The Labute approximate surface area is 257 Å². The van der Waals surface area contributed by atoms with E-state index in [0.29, 0.717) is 41.3 Å². The molecule has 5 saturated carbocycles. The van der Waals surface area contributed by atoms with Gasteiger partial charge in [0.05, 0.1) is 5.41 Å². The molecule has 4 N–H and O–H groups in total. The fourth-order valence-electron chi connectivity index (χ4n) is 12.4. The molecule has 5 aliphatic rings. The van der Waals surface area contributed by atoms with Crippen LogP contribution in [0.15, 0.2) is 12.2 Å². The average molecular weight is 582 g/mol. The van der Waals surface area contributed by atoms with E-state index in [0.717, 1.165) is 84.0 Å². The Bertz CT molecular complexity index is 1050. The number of hydrogen-bond donors (Lipinski definition) is 3. The highest BCUT2D eigenvalue weighted by atomic mass is 16.2. The molecule has 5 rings (SSSR count). The first-order chi connectivity index (χ1) is 19.8. The number of hydrogen-bond acceptors (Lipinski definition) is 4. The van der Waals surface area contributed by atoms with E-state index in [1.54, 1.807) is 0 Å². The van der Waals surface area contributed by atoms with Gasteiger partial charge in [0.15, 0.2) is 0 Å². The Morgan fingerprint density at radius 1 is 0.857 bits per heavy atom. The fraction of sp³-hybridized carbons (Fsp3) is 0.892. The van der Waals surface area contributed by atoms with Crippen molar-refractivity contribution in [1.29, 1.82) is 0 Å². The molecule has 5 heteroatoms. The van der Waals surface area contributed by atoms with Crippen LogP contribution in [0.1, 0.15) is 125 Å². The van der Waals surface area contributed by atoms with E-state index in [1.807, 2.05) is 0 Å². The van der Waals surface area contributed by atoms with E-state index in [1.165, 1.54) is 31.3 Å². The molecule has 5 nitrogen and oxygen atoms in total. The van der Waals surface area contributed by atoms with Crippen LogP contribution in [0.25, 0.3) is 0 Å². The third-order valence-corrected chi connectivity index (χ3v) is 14.9. The molecular formula is C37H63N3O2. The van der Waals surface area contributed by atoms with Crippen molar-refractivity contribution in [3.63, 3.8) is 0 Å². The van der Waals surface area contributed by atoms with Gasteiger partial charge in [-0.1, -0.05) is 46.8 Å². The highest BCUT2D eigenvalue weighted by Gasteiger charge is 2.71. The number of Topliss-reactive ketones (excluding diaryl/α,β-unsaturated/α-hetero) is 1. The molecule has 0 radical (unpaired) electrons. The summed E-state index contributed by atoms with van der Waals surface area (Å²) in [6.45, 7) is 22.5. The van der Waals surface area contributed by atoms with Gasteiger partial charge in [-0.15, -0.1) is 0 Å². The molecule has 0 spiro atoms. The third kappa shape index (κ3) is 4.77. The number of rotatable bonds is 10. The Morgan fingerprint density at radius 3 is 2.31 bits per heavy atom. The maximum atomic E-state index is 14.2. The number of carbonyl (C=O) groups excluding carboxylic acids is 2. The quantitative estimate of drug-likeness (QED) is 0.191. The van der Waals surface area contributed by atoms with Crippen LogP contribution in [0.5, 0.6) is 0 Å². The lowest BCUT2D eigenvalue weighted by Crippen LogP contribution is -2.67. The summed E-state index contributed by atoms with van der Waals surface area (Å²) < 4.78 is 0. The van der Waals surface area contributed by atoms with Crippen LogP contribution in [0.3, 0.4) is 0 Å². The highest BCUT2D eigenvalue weighted by molar-refractivity contribution is 5.85. The summed E-state index contributed by atoms with van der Waals surface area (Å²) in [6.07, 6.45) is 14.1. The lowest BCUT2D eigenvalue weighted by Gasteiger charge is -2.72. The number of carbonyl (C=O) groups is 2. The largest absolute Gasteiger partial charge is 0.356 e. The summed E-state index contributed by atoms with van der Waals surface area (Å²) in [4.78, 5) is 27.3. The fourth-order valence-corrected chi connectivity index (χ4v) is 12.4. The summed E-state index contributed by atoms with van der Waals surface area (Å²) in [5.74, 6) is 3.36. The minimum atomic E-state index is -0.244. The van der Waals surface area contributed by atoms with Gasteiger partial charge in [-0.25, -0.2) is 0 Å². The van der Waals surface area contributed by atoms with Crippen LogP contribution in [0, 0.1) is 56.7 Å². The maximum Gasteiger partial charge on any atom is 0.226 e. The summed E-state index contributed by atoms with van der Waals surface area (Å²) in [5.41, 5.74) is 7.14. The van der Waals surface area contributed by atoms with Crippen molar-refractivity contribution >= 4 is 11.7 Å². The van der Waals surface area contributed by atoms with Crippen LogP contribution in [0.4, 0.5) is 0 Å². The molecule has 0 saturated heterocycles. The van der Waals surface area contributed by atoms with Crippen molar-refractivity contribution in [3.05, 3.63) is 12.2 Å². The summed E-state index contributed by atoms with van der Waals surface area (Å²) in [6, 6.07) is 0. The van der Waals surface area contributed by atoms with Crippen LogP contribution >= 0.6 is 0 Å². The summed E-state index contributed by atoms with van der Waals surface area (Å²) in [5, 5.41) is 6.95. The zero-order chi connectivity index (χ0) is 30.6. The Kier molecular flexibility index (Phi) is 8.91. The van der Waals surface area contributed by atoms with Gasteiger partial charge < -0.3 is 16.4 Å². The first kappa shape index (κ1) is 32.2. The predicted octanol–water partition coefficient (Wildman–Crippen LogP) is 7.05. The van der Waals surface area contributed by atoms with Crippen LogP contribution < -0.4 is 16.4 Å². The molecule has 0 bridgehead atoms. The van der Waals surface area contributed by atoms with E-state index in [4.69, 9.17) is 5.73 Å². The molecule has 1 amide bonds. The number of fused-ring (bicyclic) bond motifs is 7. The topological polar surface area (TPSA) is 84.2 Å². The molecule has 0 aromatic carbocycles. The SMILES string of the molecule is C=C(C)[C@@H]1CC[C@]2(C(=O)NCCCNCCCCN)CC[C@]3(C)[C@H](CC[C@@H]4[C@@]5(C)CCC(=O)C(C)(C)[C@@H]5CC[C@]43C)[C@@H]12. The number of allylic oxidation sites excluding steroid dienone is 1. The van der Waals surface area contributed by atoms with Crippen molar-refractivity contribution in [2.45, 2.75) is 125 Å². The third-order valence-electron chi connectivity index (χ3n) is 14.9. The van der Waals surface area contributed by atoms with Crippen molar-refractivity contribution in [1.82, 2.24) is 10.6 Å². The second kappa shape index (κ2) is 11.6. The molecule has 0 aliphatic heterocycles. The smallest absolute Gasteiger partial charge is 0.226 e. The summed E-state index contributed by atoms with van der Waals surface area (Å²) in [7, 11) is 0. The second-order valence-electron chi connectivity index (χ2n) is 16.8. The van der Waals surface area contributed by atoms with E-state index >= 15 is 0 Å². The molecule has 0 unspecified atom stereocenters. The zero-order valence-corrected chi connectivity index (χ0v) is 28.0. The van der Waals surface area contributed by atoms with Crippen molar-refractivity contribution in [2.75, 3.05) is 26.2 Å². The van der Waals surface area contributed by atoms with Crippen LogP contribution in [-0.4, -0.2) is 37.9 Å². The lowest BCUT2D eigenvalue weighted by atomic mass is 9.32.